The fourth-order valence-corrected chi connectivity index (χ4v) is 5.10. The molecule has 2 aromatic carbocycles. The van der Waals surface area contributed by atoms with Crippen LogP contribution in [0.5, 0.6) is 0 Å². The summed E-state index contributed by atoms with van der Waals surface area (Å²) in [5, 5.41) is 11.8. The van der Waals surface area contributed by atoms with Crippen molar-refractivity contribution in [2.75, 3.05) is 6.26 Å². The van der Waals surface area contributed by atoms with E-state index in [1.165, 1.54) is 18.2 Å². The van der Waals surface area contributed by atoms with Crippen LogP contribution in [0, 0.1) is 11.6 Å². The minimum absolute atomic E-state index is 0.175. The van der Waals surface area contributed by atoms with Gasteiger partial charge in [-0.05, 0) is 55.0 Å². The maximum absolute atomic E-state index is 14.8. The highest BCUT2D eigenvalue weighted by molar-refractivity contribution is 7.90. The van der Waals surface area contributed by atoms with Crippen LogP contribution in [-0.4, -0.2) is 25.2 Å². The Morgan fingerprint density at radius 2 is 1.90 bits per heavy atom. The van der Waals surface area contributed by atoms with Crippen molar-refractivity contribution < 1.29 is 27.1 Å². The summed E-state index contributed by atoms with van der Waals surface area (Å²) in [5.74, 6) is -2.93. The van der Waals surface area contributed by atoms with Crippen molar-refractivity contribution in [1.82, 2.24) is 4.57 Å². The molecule has 0 saturated heterocycles. The summed E-state index contributed by atoms with van der Waals surface area (Å²) in [6, 6.07) is 8.38. The van der Waals surface area contributed by atoms with Crippen molar-refractivity contribution in [3.8, 4) is 0 Å². The minimum Gasteiger partial charge on any atom is -0.550 e. The SMILES string of the molecule is CS(=O)(=O)c1ccc(Cn2c3c(c4cc(F)cc(F)c42)CCC[C@@H]3CC(=O)[O-])cc1. The molecule has 0 N–H and O–H groups in total. The molecule has 1 aliphatic rings. The Balaban J connectivity index is 1.88. The number of benzene rings is 2. The Hall–Kier alpha value is -2.74. The van der Waals surface area contributed by atoms with Gasteiger partial charge in [0.25, 0.3) is 0 Å². The van der Waals surface area contributed by atoms with Crippen molar-refractivity contribution in [3.05, 3.63) is 64.9 Å². The predicted molar refractivity (Wildman–Crippen MR) is 106 cm³/mol. The zero-order valence-electron chi connectivity index (χ0n) is 16.3. The smallest absolute Gasteiger partial charge is 0.175 e. The van der Waals surface area contributed by atoms with E-state index in [0.717, 1.165) is 29.9 Å². The van der Waals surface area contributed by atoms with Gasteiger partial charge in [-0.2, -0.15) is 0 Å². The highest BCUT2D eigenvalue weighted by Gasteiger charge is 2.29. The number of hydrogen-bond donors (Lipinski definition) is 0. The molecule has 8 heteroatoms. The van der Waals surface area contributed by atoms with Gasteiger partial charge in [0.1, 0.15) is 11.6 Å². The largest absolute Gasteiger partial charge is 0.550 e. The van der Waals surface area contributed by atoms with Crippen LogP contribution in [0.4, 0.5) is 8.78 Å². The highest BCUT2D eigenvalue weighted by Crippen LogP contribution is 2.41. The van der Waals surface area contributed by atoms with E-state index in [4.69, 9.17) is 0 Å². The van der Waals surface area contributed by atoms with E-state index >= 15 is 0 Å². The molecule has 30 heavy (non-hydrogen) atoms. The number of aryl methyl sites for hydroxylation is 1. The minimum atomic E-state index is -3.35. The molecule has 3 aromatic rings. The number of aliphatic carboxylic acids is 1. The monoisotopic (exact) mass is 432 g/mol. The van der Waals surface area contributed by atoms with Crippen LogP contribution in [0.2, 0.25) is 0 Å². The van der Waals surface area contributed by atoms with Gasteiger partial charge in [-0.15, -0.1) is 0 Å². The lowest BCUT2D eigenvalue weighted by Gasteiger charge is -2.26. The van der Waals surface area contributed by atoms with Crippen LogP contribution < -0.4 is 5.11 Å². The average molecular weight is 432 g/mol. The molecule has 0 saturated carbocycles. The zero-order chi connectivity index (χ0) is 21.6. The lowest BCUT2D eigenvalue weighted by molar-refractivity contribution is -0.306. The van der Waals surface area contributed by atoms with Crippen LogP contribution >= 0.6 is 0 Å². The summed E-state index contributed by atoms with van der Waals surface area (Å²) in [6.45, 7) is 0.210. The Bertz CT molecular complexity index is 1250. The molecule has 0 amide bonds. The molecular formula is C22H20F2NO4S-. The van der Waals surface area contributed by atoms with Crippen molar-refractivity contribution in [1.29, 1.82) is 0 Å². The molecule has 1 heterocycles. The predicted octanol–water partition coefficient (Wildman–Crippen LogP) is 2.93. The van der Waals surface area contributed by atoms with Crippen molar-refractivity contribution in [2.24, 2.45) is 0 Å². The van der Waals surface area contributed by atoms with E-state index in [2.05, 4.69) is 0 Å². The molecule has 1 atom stereocenters. The molecule has 0 bridgehead atoms. The summed E-state index contributed by atoms with van der Waals surface area (Å²) in [7, 11) is -3.35. The fraction of sp³-hybridized carbons (Fsp3) is 0.318. The van der Waals surface area contributed by atoms with Crippen molar-refractivity contribution in [2.45, 2.75) is 43.0 Å². The van der Waals surface area contributed by atoms with Crippen LogP contribution in [0.25, 0.3) is 10.9 Å². The molecule has 0 radical (unpaired) electrons. The van der Waals surface area contributed by atoms with E-state index in [0.29, 0.717) is 23.9 Å². The van der Waals surface area contributed by atoms with Crippen LogP contribution in [-0.2, 0) is 27.6 Å². The molecule has 1 aliphatic carbocycles. The standard InChI is InChI=1S/C22H21F2NO4S/c1-30(28,29)16-7-5-13(6-8-16)12-25-21-14(9-20(26)27)3-2-4-17(21)18-10-15(23)11-19(24)22(18)25/h5-8,10-11,14H,2-4,9,12H2,1H3,(H,26,27)/p-1/t14-/m1/s1. The first kappa shape index (κ1) is 20.5. The number of rotatable bonds is 5. The summed E-state index contributed by atoms with van der Waals surface area (Å²) in [5.41, 5.74) is 2.42. The number of halogens is 2. The third kappa shape index (κ3) is 3.71. The van der Waals surface area contributed by atoms with Gasteiger partial charge in [-0.25, -0.2) is 17.2 Å². The summed E-state index contributed by atoms with van der Waals surface area (Å²) >= 11 is 0. The van der Waals surface area contributed by atoms with Crippen molar-refractivity contribution >= 4 is 26.7 Å². The van der Waals surface area contributed by atoms with Crippen LogP contribution in [0.1, 0.15) is 42.0 Å². The molecule has 0 unspecified atom stereocenters. The molecule has 0 aliphatic heterocycles. The number of carboxylic acids is 1. The number of sulfone groups is 1. The van der Waals surface area contributed by atoms with Gasteiger partial charge in [0, 0.05) is 41.8 Å². The summed E-state index contributed by atoms with van der Waals surface area (Å²) in [4.78, 5) is 11.5. The first-order valence-electron chi connectivity index (χ1n) is 9.64. The maximum atomic E-state index is 14.8. The lowest BCUT2D eigenvalue weighted by Crippen LogP contribution is -2.27. The summed E-state index contributed by atoms with van der Waals surface area (Å²) in [6.07, 6.45) is 2.88. The number of hydrogen-bond acceptors (Lipinski definition) is 4. The first-order chi connectivity index (χ1) is 14.1. The van der Waals surface area contributed by atoms with Gasteiger partial charge in [0.2, 0.25) is 0 Å². The number of carbonyl (C=O) groups excluding carboxylic acids is 1. The highest BCUT2D eigenvalue weighted by atomic mass is 32.2. The lowest BCUT2D eigenvalue weighted by atomic mass is 9.84. The summed E-state index contributed by atoms with van der Waals surface area (Å²) < 4.78 is 53.9. The average Bonchev–Trinajstić information content (AvgIpc) is 2.96. The van der Waals surface area contributed by atoms with Gasteiger partial charge in [0.05, 0.1) is 10.4 Å². The van der Waals surface area contributed by atoms with E-state index in [1.807, 2.05) is 0 Å². The number of aromatic nitrogens is 1. The maximum Gasteiger partial charge on any atom is 0.175 e. The molecule has 0 spiro atoms. The van der Waals surface area contributed by atoms with Crippen LogP contribution in [0.15, 0.2) is 41.3 Å². The van der Waals surface area contributed by atoms with Gasteiger partial charge in [-0.1, -0.05) is 12.1 Å². The zero-order valence-corrected chi connectivity index (χ0v) is 17.1. The fourth-order valence-electron chi connectivity index (χ4n) is 4.47. The van der Waals surface area contributed by atoms with Gasteiger partial charge in [-0.3, -0.25) is 0 Å². The number of nitrogens with zero attached hydrogens (tertiary/aromatic N) is 1. The normalized spacial score (nSPS) is 16.6. The molecule has 4 rings (SSSR count). The molecule has 0 fully saturated rings. The second kappa shape index (κ2) is 7.50. The Kier molecular flexibility index (Phi) is 5.13. The number of carboxylic acid groups (broad SMARTS) is 1. The Morgan fingerprint density at radius 3 is 2.53 bits per heavy atom. The third-order valence-corrected chi connectivity index (χ3v) is 6.82. The van der Waals surface area contributed by atoms with Crippen LogP contribution in [0.3, 0.4) is 0 Å². The molecule has 158 valence electrons. The molecule has 5 nitrogen and oxygen atoms in total. The first-order valence-corrected chi connectivity index (χ1v) is 11.5. The Morgan fingerprint density at radius 1 is 1.20 bits per heavy atom. The van der Waals surface area contributed by atoms with Gasteiger partial charge in [0.15, 0.2) is 9.84 Å². The topological polar surface area (TPSA) is 79.2 Å². The third-order valence-electron chi connectivity index (χ3n) is 5.69. The van der Waals surface area contributed by atoms with E-state index in [1.54, 1.807) is 16.7 Å². The van der Waals surface area contributed by atoms with Gasteiger partial charge < -0.3 is 14.5 Å². The van der Waals surface area contributed by atoms with E-state index in [-0.39, 0.29) is 29.3 Å². The Labute approximate surface area is 172 Å². The second-order valence-electron chi connectivity index (χ2n) is 7.82. The molecular weight excluding hydrogens is 412 g/mol. The second-order valence-corrected chi connectivity index (χ2v) is 9.83. The quantitative estimate of drug-likeness (QED) is 0.621. The van der Waals surface area contributed by atoms with Gasteiger partial charge >= 0.3 is 0 Å². The van der Waals surface area contributed by atoms with Crippen molar-refractivity contribution in [3.63, 3.8) is 0 Å². The molecule has 1 aromatic heterocycles. The van der Waals surface area contributed by atoms with E-state index < -0.39 is 27.4 Å². The number of fused-ring (bicyclic) bond motifs is 3. The van der Waals surface area contributed by atoms with E-state index in [9.17, 15) is 27.1 Å². The number of carbonyl (C=O) groups is 1.